The summed E-state index contributed by atoms with van der Waals surface area (Å²) in [7, 11) is 1.67. The minimum atomic E-state index is -1.15. The zero-order valence-electron chi connectivity index (χ0n) is 10.5. The average Bonchev–Trinajstić information content (AvgIpc) is 2.82. The molecule has 0 heterocycles. The minimum Gasteiger partial charge on any atom is -0.478 e. The molecular formula is C13H15BrFNO3. The van der Waals surface area contributed by atoms with Crippen LogP contribution in [0.2, 0.25) is 0 Å². The van der Waals surface area contributed by atoms with E-state index in [0.717, 1.165) is 19.3 Å². The zero-order valence-corrected chi connectivity index (χ0v) is 12.0. The molecule has 1 aliphatic rings. The first-order chi connectivity index (χ1) is 9.02. The summed E-state index contributed by atoms with van der Waals surface area (Å²) in [4.78, 5) is 10.9. The number of carboxylic acid groups (broad SMARTS) is 1. The summed E-state index contributed by atoms with van der Waals surface area (Å²) >= 11 is 2.99. The highest BCUT2D eigenvalue weighted by Gasteiger charge is 2.25. The summed E-state index contributed by atoms with van der Waals surface area (Å²) in [6, 6.07) is 3.01. The molecule has 0 spiro atoms. The highest BCUT2D eigenvalue weighted by atomic mass is 79.9. The van der Waals surface area contributed by atoms with Crippen molar-refractivity contribution < 1.29 is 19.0 Å². The van der Waals surface area contributed by atoms with Gasteiger partial charge in [-0.05, 0) is 47.3 Å². The summed E-state index contributed by atoms with van der Waals surface area (Å²) in [5.74, 6) is -1.72. The number of rotatable bonds is 4. The van der Waals surface area contributed by atoms with Crippen molar-refractivity contribution in [1.29, 1.82) is 0 Å². The Morgan fingerprint density at radius 3 is 2.84 bits per heavy atom. The normalized spacial score (nSPS) is 22.5. The van der Waals surface area contributed by atoms with E-state index in [-0.39, 0.29) is 22.2 Å². The van der Waals surface area contributed by atoms with Crippen molar-refractivity contribution in [2.24, 2.45) is 0 Å². The Morgan fingerprint density at radius 2 is 2.26 bits per heavy atom. The van der Waals surface area contributed by atoms with Gasteiger partial charge in [0.15, 0.2) is 5.82 Å². The van der Waals surface area contributed by atoms with Crippen LogP contribution in [0.1, 0.15) is 29.6 Å². The minimum absolute atomic E-state index is 0.0220. The predicted octanol–water partition coefficient (Wildman–Crippen LogP) is 3.27. The maximum atomic E-state index is 14.1. The van der Waals surface area contributed by atoms with Crippen LogP contribution < -0.4 is 5.32 Å². The van der Waals surface area contributed by atoms with E-state index < -0.39 is 11.8 Å². The molecule has 0 aromatic heterocycles. The van der Waals surface area contributed by atoms with Crippen molar-refractivity contribution in [3.63, 3.8) is 0 Å². The van der Waals surface area contributed by atoms with Crippen LogP contribution in [0.5, 0.6) is 0 Å². The fourth-order valence-corrected chi connectivity index (χ4v) is 2.85. The van der Waals surface area contributed by atoms with Gasteiger partial charge in [0.05, 0.1) is 21.8 Å². The molecule has 19 heavy (non-hydrogen) atoms. The summed E-state index contributed by atoms with van der Waals surface area (Å²) in [6.45, 7) is 0. The standard InChI is InChI=1S/C13H15BrFNO3/c1-19-8-3-2-7(6-8)16-10-5-4-9(13(17)18)11(14)12(10)15/h4-5,7-8,16H,2-3,6H2,1H3,(H,17,18). The number of carboxylic acids is 1. The number of hydrogen-bond donors (Lipinski definition) is 2. The van der Waals surface area contributed by atoms with Gasteiger partial charge in [0.1, 0.15) is 0 Å². The van der Waals surface area contributed by atoms with Crippen LogP contribution in [0.15, 0.2) is 16.6 Å². The van der Waals surface area contributed by atoms with Gasteiger partial charge in [-0.2, -0.15) is 0 Å². The van der Waals surface area contributed by atoms with Crippen LogP contribution in [-0.2, 0) is 4.74 Å². The van der Waals surface area contributed by atoms with Gasteiger partial charge in [-0.25, -0.2) is 9.18 Å². The molecule has 0 bridgehead atoms. The number of ether oxygens (including phenoxy) is 1. The van der Waals surface area contributed by atoms with E-state index in [1.807, 2.05) is 0 Å². The number of hydrogen-bond acceptors (Lipinski definition) is 3. The lowest BCUT2D eigenvalue weighted by molar-refractivity contribution is 0.0695. The topological polar surface area (TPSA) is 58.6 Å². The SMILES string of the molecule is COC1CCC(Nc2ccc(C(=O)O)c(Br)c2F)C1. The molecule has 1 aromatic carbocycles. The number of nitrogens with one attached hydrogen (secondary N) is 1. The molecule has 0 aliphatic heterocycles. The lowest BCUT2D eigenvalue weighted by atomic mass is 10.1. The smallest absolute Gasteiger partial charge is 0.336 e. The summed E-state index contributed by atoms with van der Waals surface area (Å²) < 4.78 is 19.3. The first-order valence-corrected chi connectivity index (χ1v) is 6.82. The number of anilines is 1. The molecule has 2 unspecified atom stereocenters. The van der Waals surface area contributed by atoms with Crippen molar-refractivity contribution in [2.75, 3.05) is 12.4 Å². The zero-order chi connectivity index (χ0) is 14.0. The van der Waals surface area contributed by atoms with Crippen molar-refractivity contribution in [3.05, 3.63) is 28.0 Å². The number of methoxy groups -OCH3 is 1. The van der Waals surface area contributed by atoms with E-state index in [1.165, 1.54) is 12.1 Å². The van der Waals surface area contributed by atoms with Crippen molar-refractivity contribution in [3.8, 4) is 0 Å². The van der Waals surface area contributed by atoms with E-state index in [4.69, 9.17) is 9.84 Å². The van der Waals surface area contributed by atoms with E-state index in [0.29, 0.717) is 5.69 Å². The lowest BCUT2D eigenvalue weighted by Gasteiger charge is -2.16. The first kappa shape index (κ1) is 14.3. The monoisotopic (exact) mass is 331 g/mol. The largest absolute Gasteiger partial charge is 0.478 e. The lowest BCUT2D eigenvalue weighted by Crippen LogP contribution is -2.18. The molecule has 6 heteroatoms. The van der Waals surface area contributed by atoms with Crippen LogP contribution in [-0.4, -0.2) is 30.3 Å². The van der Waals surface area contributed by atoms with Crippen LogP contribution in [0.4, 0.5) is 10.1 Å². The quantitative estimate of drug-likeness (QED) is 0.889. The number of carbonyl (C=O) groups is 1. The van der Waals surface area contributed by atoms with Gasteiger partial charge < -0.3 is 15.2 Å². The molecule has 0 amide bonds. The fourth-order valence-electron chi connectivity index (χ4n) is 2.33. The van der Waals surface area contributed by atoms with E-state index in [2.05, 4.69) is 21.2 Å². The highest BCUT2D eigenvalue weighted by molar-refractivity contribution is 9.10. The second kappa shape index (κ2) is 5.88. The van der Waals surface area contributed by atoms with Crippen molar-refractivity contribution in [1.82, 2.24) is 0 Å². The molecule has 1 aromatic rings. The van der Waals surface area contributed by atoms with Gasteiger partial charge >= 0.3 is 5.97 Å². The summed E-state index contributed by atoms with van der Waals surface area (Å²) in [5, 5.41) is 12.0. The second-order valence-electron chi connectivity index (χ2n) is 4.61. The van der Waals surface area contributed by atoms with Gasteiger partial charge in [-0.15, -0.1) is 0 Å². The molecule has 0 radical (unpaired) electrons. The third kappa shape index (κ3) is 3.06. The van der Waals surface area contributed by atoms with Crippen molar-refractivity contribution in [2.45, 2.75) is 31.4 Å². The third-order valence-corrected chi connectivity index (χ3v) is 4.17. The van der Waals surface area contributed by atoms with Crippen molar-refractivity contribution >= 4 is 27.6 Å². The molecular weight excluding hydrogens is 317 g/mol. The Kier molecular flexibility index (Phi) is 4.42. The first-order valence-electron chi connectivity index (χ1n) is 6.03. The highest BCUT2D eigenvalue weighted by Crippen LogP contribution is 2.30. The Bertz CT molecular complexity index is 495. The summed E-state index contributed by atoms with van der Waals surface area (Å²) in [6.07, 6.45) is 2.90. The number of halogens is 2. The maximum absolute atomic E-state index is 14.1. The Hall–Kier alpha value is -1.14. The summed E-state index contributed by atoms with van der Waals surface area (Å²) in [5.41, 5.74) is 0.239. The molecule has 0 saturated heterocycles. The van der Waals surface area contributed by atoms with E-state index >= 15 is 0 Å². The molecule has 1 saturated carbocycles. The predicted molar refractivity (Wildman–Crippen MR) is 73.1 cm³/mol. The van der Waals surface area contributed by atoms with E-state index in [1.54, 1.807) is 7.11 Å². The van der Waals surface area contributed by atoms with Crippen LogP contribution in [0.3, 0.4) is 0 Å². The second-order valence-corrected chi connectivity index (χ2v) is 5.40. The van der Waals surface area contributed by atoms with Crippen LogP contribution >= 0.6 is 15.9 Å². The molecule has 104 valence electrons. The molecule has 2 atom stereocenters. The third-order valence-electron chi connectivity index (χ3n) is 3.39. The van der Waals surface area contributed by atoms with Gasteiger partial charge in [0.2, 0.25) is 0 Å². The molecule has 4 nitrogen and oxygen atoms in total. The van der Waals surface area contributed by atoms with Crippen LogP contribution in [0, 0.1) is 5.82 Å². The van der Waals surface area contributed by atoms with Gasteiger partial charge in [0.25, 0.3) is 0 Å². The molecule has 1 aliphatic carbocycles. The molecule has 2 N–H and O–H groups in total. The average molecular weight is 332 g/mol. The fraction of sp³-hybridized carbons (Fsp3) is 0.462. The van der Waals surface area contributed by atoms with Crippen LogP contribution in [0.25, 0.3) is 0 Å². The number of benzene rings is 1. The molecule has 2 rings (SSSR count). The Balaban J connectivity index is 2.14. The van der Waals surface area contributed by atoms with Gasteiger partial charge in [0, 0.05) is 13.2 Å². The Morgan fingerprint density at radius 1 is 1.53 bits per heavy atom. The maximum Gasteiger partial charge on any atom is 0.336 e. The van der Waals surface area contributed by atoms with Gasteiger partial charge in [-0.3, -0.25) is 0 Å². The number of aromatic carboxylic acids is 1. The van der Waals surface area contributed by atoms with Gasteiger partial charge in [-0.1, -0.05) is 0 Å². The Labute approximate surface area is 119 Å². The molecule has 1 fully saturated rings. The van der Waals surface area contributed by atoms with E-state index in [9.17, 15) is 9.18 Å².